The fraction of sp³-hybridized carbons (Fsp3) is 0.500. The highest BCUT2D eigenvalue weighted by Crippen LogP contribution is 2.33. The van der Waals surface area contributed by atoms with Crippen molar-refractivity contribution in [3.8, 4) is 0 Å². The predicted molar refractivity (Wildman–Crippen MR) is 92.8 cm³/mol. The first-order valence-corrected chi connectivity index (χ1v) is 8.14. The van der Waals surface area contributed by atoms with Gasteiger partial charge in [-0.25, -0.2) is 0 Å². The number of hydrogen-bond donors (Lipinski definition) is 2. The van der Waals surface area contributed by atoms with Crippen molar-refractivity contribution in [2.75, 3.05) is 25.7 Å². The van der Waals surface area contributed by atoms with Gasteiger partial charge in [0.2, 0.25) is 5.91 Å². The molecule has 5 heteroatoms. The van der Waals surface area contributed by atoms with Gasteiger partial charge < -0.3 is 19.9 Å². The third kappa shape index (κ3) is 2.81. The third-order valence-electron chi connectivity index (χ3n) is 4.64. The highest BCUT2D eigenvalue weighted by atomic mass is 16.5. The van der Waals surface area contributed by atoms with Gasteiger partial charge in [-0.2, -0.15) is 0 Å². The van der Waals surface area contributed by atoms with E-state index in [0.29, 0.717) is 6.61 Å². The zero-order chi connectivity index (χ0) is 16.6. The van der Waals surface area contributed by atoms with Crippen molar-refractivity contribution < 1.29 is 9.53 Å². The van der Waals surface area contributed by atoms with Crippen molar-refractivity contribution in [2.24, 2.45) is 5.92 Å². The van der Waals surface area contributed by atoms with Gasteiger partial charge >= 0.3 is 0 Å². The molecule has 2 N–H and O–H groups in total. The Morgan fingerprint density at radius 2 is 2.17 bits per heavy atom. The number of likely N-dealkylation sites (N-methyl/N-ethyl adjacent to an activating group) is 1. The molecule has 0 saturated heterocycles. The van der Waals surface area contributed by atoms with E-state index in [4.69, 9.17) is 4.74 Å². The quantitative estimate of drug-likeness (QED) is 0.914. The normalized spacial score (nSPS) is 22.0. The lowest BCUT2D eigenvalue weighted by molar-refractivity contribution is -0.124. The number of nitrogens with zero attached hydrogens (tertiary/aromatic N) is 1. The van der Waals surface area contributed by atoms with Crippen LogP contribution in [0.1, 0.15) is 19.4 Å². The molecule has 0 saturated carbocycles. The molecule has 1 aromatic carbocycles. The maximum absolute atomic E-state index is 12.8. The second kappa shape index (κ2) is 6.24. The van der Waals surface area contributed by atoms with Gasteiger partial charge in [0, 0.05) is 36.9 Å². The molecule has 0 spiro atoms. The zero-order valence-corrected chi connectivity index (χ0v) is 14.2. The monoisotopic (exact) mass is 315 g/mol. The zero-order valence-electron chi connectivity index (χ0n) is 14.2. The first kappa shape index (κ1) is 15.9. The smallest absolute Gasteiger partial charge is 0.243 e. The largest absolute Gasteiger partial charge is 0.383 e. The van der Waals surface area contributed by atoms with Gasteiger partial charge in [0.25, 0.3) is 0 Å². The molecule has 124 valence electrons. The molecule has 23 heavy (non-hydrogen) atoms. The summed E-state index contributed by atoms with van der Waals surface area (Å²) in [6.07, 6.45) is 2.81. The van der Waals surface area contributed by atoms with Gasteiger partial charge in [-0.05, 0) is 30.0 Å². The van der Waals surface area contributed by atoms with Crippen LogP contribution in [0.4, 0.5) is 5.69 Å². The minimum Gasteiger partial charge on any atom is -0.383 e. The van der Waals surface area contributed by atoms with Crippen molar-refractivity contribution in [3.63, 3.8) is 0 Å². The van der Waals surface area contributed by atoms with Crippen LogP contribution in [0, 0.1) is 5.92 Å². The van der Waals surface area contributed by atoms with Crippen LogP contribution in [-0.2, 0) is 16.0 Å². The van der Waals surface area contributed by atoms with E-state index in [1.807, 2.05) is 19.3 Å². The van der Waals surface area contributed by atoms with Gasteiger partial charge in [-0.3, -0.25) is 4.79 Å². The molecule has 0 fully saturated rings. The fourth-order valence-electron chi connectivity index (χ4n) is 3.67. The number of ether oxygens (including phenoxy) is 1. The summed E-state index contributed by atoms with van der Waals surface area (Å²) in [5, 5.41) is 4.38. The molecule has 1 aliphatic rings. The van der Waals surface area contributed by atoms with Crippen LogP contribution >= 0.6 is 0 Å². The molecule has 2 aromatic rings. The minimum atomic E-state index is -0.208. The van der Waals surface area contributed by atoms with E-state index < -0.39 is 0 Å². The summed E-state index contributed by atoms with van der Waals surface area (Å²) < 4.78 is 5.31. The standard InChI is InChI=1S/C18H25N3O2/c1-11(2)17-18(22)20-13(10-23-4)8-12-9-19-14-6-5-7-15(16(12)14)21(17)3/h5-7,9,11,13,17,19H,8,10H2,1-4H3,(H,20,22)/t13-,17-/m0/s1. The number of H-pyrrole nitrogens is 1. The number of aromatic amines is 1. The lowest BCUT2D eigenvalue weighted by Gasteiger charge is -2.32. The van der Waals surface area contributed by atoms with Crippen LogP contribution in [0.15, 0.2) is 24.4 Å². The molecular formula is C18H25N3O2. The van der Waals surface area contributed by atoms with Crippen LogP contribution in [0.25, 0.3) is 10.9 Å². The highest BCUT2D eigenvalue weighted by molar-refractivity contribution is 5.98. The average Bonchev–Trinajstić information content (AvgIpc) is 2.90. The number of benzene rings is 1. The minimum absolute atomic E-state index is 0.0210. The van der Waals surface area contributed by atoms with Crippen LogP contribution in [-0.4, -0.2) is 43.7 Å². The van der Waals surface area contributed by atoms with Crippen molar-refractivity contribution in [2.45, 2.75) is 32.4 Å². The van der Waals surface area contributed by atoms with Crippen LogP contribution < -0.4 is 10.2 Å². The Balaban J connectivity index is 2.16. The molecule has 3 rings (SSSR count). The van der Waals surface area contributed by atoms with Gasteiger partial charge in [-0.15, -0.1) is 0 Å². The first-order valence-electron chi connectivity index (χ1n) is 8.14. The van der Waals surface area contributed by atoms with Crippen LogP contribution in [0.2, 0.25) is 0 Å². The summed E-state index contributed by atoms with van der Waals surface area (Å²) in [6, 6.07) is 5.99. The van der Waals surface area contributed by atoms with E-state index >= 15 is 0 Å². The number of hydrogen-bond acceptors (Lipinski definition) is 3. The van der Waals surface area contributed by atoms with Crippen molar-refractivity contribution >= 4 is 22.5 Å². The Labute approximate surface area is 137 Å². The number of aromatic nitrogens is 1. The number of methoxy groups -OCH3 is 1. The van der Waals surface area contributed by atoms with Gasteiger partial charge in [0.1, 0.15) is 6.04 Å². The van der Waals surface area contributed by atoms with E-state index in [1.54, 1.807) is 7.11 Å². The molecule has 0 aliphatic carbocycles. The number of rotatable bonds is 3. The maximum Gasteiger partial charge on any atom is 0.243 e. The molecule has 2 atom stereocenters. The first-order chi connectivity index (χ1) is 11.0. The Morgan fingerprint density at radius 3 is 2.87 bits per heavy atom. The van der Waals surface area contributed by atoms with E-state index in [1.165, 1.54) is 10.9 Å². The summed E-state index contributed by atoms with van der Waals surface area (Å²) in [4.78, 5) is 18.3. The second-order valence-corrected chi connectivity index (χ2v) is 6.68. The fourth-order valence-corrected chi connectivity index (χ4v) is 3.67. The van der Waals surface area contributed by atoms with E-state index in [2.05, 4.69) is 41.2 Å². The Kier molecular flexibility index (Phi) is 4.31. The topological polar surface area (TPSA) is 57.4 Å². The van der Waals surface area contributed by atoms with E-state index in [0.717, 1.165) is 17.6 Å². The van der Waals surface area contributed by atoms with Crippen molar-refractivity contribution in [1.29, 1.82) is 0 Å². The summed E-state index contributed by atoms with van der Waals surface area (Å²) in [6.45, 7) is 4.68. The van der Waals surface area contributed by atoms with E-state index in [9.17, 15) is 4.79 Å². The van der Waals surface area contributed by atoms with E-state index in [-0.39, 0.29) is 23.9 Å². The Morgan fingerprint density at radius 1 is 1.39 bits per heavy atom. The summed E-state index contributed by atoms with van der Waals surface area (Å²) >= 11 is 0. The highest BCUT2D eigenvalue weighted by Gasteiger charge is 2.31. The van der Waals surface area contributed by atoms with Gasteiger partial charge in [0.15, 0.2) is 0 Å². The summed E-state index contributed by atoms with van der Waals surface area (Å²) in [5.74, 6) is 0.273. The molecule has 5 nitrogen and oxygen atoms in total. The SMILES string of the molecule is COC[C@@H]1Cc2c[nH]c3cccc(c23)N(C)[C@@H](C(C)C)C(=O)N1. The predicted octanol–water partition coefficient (Wildman–Crippen LogP) is 2.32. The van der Waals surface area contributed by atoms with Gasteiger partial charge in [0.05, 0.1) is 12.6 Å². The molecule has 0 bridgehead atoms. The molecule has 0 radical (unpaired) electrons. The van der Waals surface area contributed by atoms with Crippen molar-refractivity contribution in [3.05, 3.63) is 30.0 Å². The number of carbonyl (C=O) groups excluding carboxylic acids is 1. The molecule has 0 unspecified atom stereocenters. The molecule has 2 heterocycles. The van der Waals surface area contributed by atoms with Crippen LogP contribution in [0.5, 0.6) is 0 Å². The van der Waals surface area contributed by atoms with Gasteiger partial charge in [-0.1, -0.05) is 19.9 Å². The lowest BCUT2D eigenvalue weighted by atomic mass is 10.0. The number of amides is 1. The Bertz CT molecular complexity index is 707. The molecule has 1 aliphatic heterocycles. The Hall–Kier alpha value is -2.01. The number of carbonyl (C=O) groups is 1. The maximum atomic E-state index is 12.8. The lowest BCUT2D eigenvalue weighted by Crippen LogP contribution is -2.52. The average molecular weight is 315 g/mol. The number of anilines is 1. The summed E-state index contributed by atoms with van der Waals surface area (Å²) in [5.41, 5.74) is 3.43. The molecule has 1 amide bonds. The molecular weight excluding hydrogens is 290 g/mol. The third-order valence-corrected chi connectivity index (χ3v) is 4.64. The second-order valence-electron chi connectivity index (χ2n) is 6.68. The molecule has 1 aromatic heterocycles. The summed E-state index contributed by atoms with van der Waals surface area (Å²) in [7, 11) is 3.68. The number of nitrogens with one attached hydrogen (secondary N) is 2. The van der Waals surface area contributed by atoms with Crippen molar-refractivity contribution in [1.82, 2.24) is 10.3 Å². The van der Waals surface area contributed by atoms with Crippen LogP contribution in [0.3, 0.4) is 0 Å².